The van der Waals surface area contributed by atoms with Gasteiger partial charge in [0.2, 0.25) is 0 Å². The zero-order valence-electron chi connectivity index (χ0n) is 8.03. The largest absolute Gasteiger partial charge is 0.438 e. The Morgan fingerprint density at radius 3 is 2.93 bits per heavy atom. The Hall–Kier alpha value is -1.55. The van der Waals surface area contributed by atoms with Crippen LogP contribution in [-0.2, 0) is 20.7 Å². The van der Waals surface area contributed by atoms with Crippen molar-refractivity contribution >= 4 is 11.7 Å². The first kappa shape index (κ1) is 10.5. The summed E-state index contributed by atoms with van der Waals surface area (Å²) in [6.07, 6.45) is 0.217. The van der Waals surface area contributed by atoms with E-state index >= 15 is 0 Å². The summed E-state index contributed by atoms with van der Waals surface area (Å²) >= 11 is 0. The van der Waals surface area contributed by atoms with E-state index in [1.807, 2.05) is 6.07 Å². The summed E-state index contributed by atoms with van der Waals surface area (Å²) in [5.41, 5.74) is 7.04. The van der Waals surface area contributed by atoms with Gasteiger partial charge < -0.3 is 15.2 Å². The normalized spacial score (nSPS) is 9.79. The number of hydrogen-bond acceptors (Lipinski definition) is 4. The van der Waals surface area contributed by atoms with Crippen LogP contribution in [0.4, 0.5) is 5.69 Å². The molecule has 0 saturated heterocycles. The zero-order chi connectivity index (χ0) is 10.4. The highest BCUT2D eigenvalue weighted by atomic mass is 16.7. The molecule has 14 heavy (non-hydrogen) atoms. The number of rotatable bonds is 4. The highest BCUT2D eigenvalue weighted by Crippen LogP contribution is 2.07. The first-order valence-corrected chi connectivity index (χ1v) is 4.21. The van der Waals surface area contributed by atoms with Crippen LogP contribution in [0.2, 0.25) is 0 Å². The Morgan fingerprint density at radius 2 is 2.29 bits per heavy atom. The lowest BCUT2D eigenvalue weighted by Crippen LogP contribution is -2.09. The van der Waals surface area contributed by atoms with Crippen molar-refractivity contribution in [3.8, 4) is 0 Å². The first-order chi connectivity index (χ1) is 6.72. The van der Waals surface area contributed by atoms with Crippen LogP contribution in [0.25, 0.3) is 0 Å². The lowest BCUT2D eigenvalue weighted by atomic mass is 10.1. The Morgan fingerprint density at radius 1 is 1.50 bits per heavy atom. The van der Waals surface area contributed by atoms with E-state index in [-0.39, 0.29) is 19.2 Å². The molecule has 0 heterocycles. The number of esters is 1. The molecule has 0 unspecified atom stereocenters. The summed E-state index contributed by atoms with van der Waals surface area (Å²) < 4.78 is 9.34. The van der Waals surface area contributed by atoms with Gasteiger partial charge in [-0.15, -0.1) is 0 Å². The van der Waals surface area contributed by atoms with Crippen LogP contribution in [0.5, 0.6) is 0 Å². The van der Waals surface area contributed by atoms with Gasteiger partial charge in [0.25, 0.3) is 0 Å². The van der Waals surface area contributed by atoms with E-state index in [1.54, 1.807) is 18.2 Å². The lowest BCUT2D eigenvalue weighted by molar-refractivity contribution is -0.153. The third-order valence-electron chi connectivity index (χ3n) is 1.64. The molecule has 76 valence electrons. The van der Waals surface area contributed by atoms with E-state index in [4.69, 9.17) is 10.5 Å². The average Bonchev–Trinajstić information content (AvgIpc) is 2.15. The van der Waals surface area contributed by atoms with E-state index in [9.17, 15) is 4.79 Å². The van der Waals surface area contributed by atoms with Gasteiger partial charge in [0.05, 0.1) is 6.42 Å². The topological polar surface area (TPSA) is 61.5 Å². The summed E-state index contributed by atoms with van der Waals surface area (Å²) in [6.45, 7) is -0.0127. The molecule has 0 saturated carbocycles. The van der Waals surface area contributed by atoms with Crippen LogP contribution in [-0.4, -0.2) is 19.9 Å². The van der Waals surface area contributed by atoms with Crippen molar-refractivity contribution in [3.63, 3.8) is 0 Å². The Balaban J connectivity index is 2.47. The van der Waals surface area contributed by atoms with Crippen LogP contribution in [0.3, 0.4) is 0 Å². The van der Waals surface area contributed by atoms with Crippen LogP contribution in [0, 0.1) is 0 Å². The van der Waals surface area contributed by atoms with Gasteiger partial charge in [-0.05, 0) is 17.7 Å². The molecule has 0 fully saturated rings. The number of anilines is 1. The third kappa shape index (κ3) is 3.45. The molecule has 1 rings (SSSR count). The van der Waals surface area contributed by atoms with Crippen molar-refractivity contribution in [2.24, 2.45) is 0 Å². The standard InChI is InChI=1S/C10H13NO3/c1-13-7-14-10(12)6-8-3-2-4-9(11)5-8/h2-5H,6-7,11H2,1H3. The molecule has 4 nitrogen and oxygen atoms in total. The fraction of sp³-hybridized carbons (Fsp3) is 0.300. The monoisotopic (exact) mass is 195 g/mol. The molecule has 0 radical (unpaired) electrons. The predicted molar refractivity (Wildman–Crippen MR) is 52.5 cm³/mol. The fourth-order valence-corrected chi connectivity index (χ4v) is 1.05. The lowest BCUT2D eigenvalue weighted by Gasteiger charge is -2.03. The van der Waals surface area contributed by atoms with Crippen molar-refractivity contribution in [1.29, 1.82) is 0 Å². The number of benzene rings is 1. The number of ether oxygens (including phenoxy) is 2. The second-order valence-corrected chi connectivity index (χ2v) is 2.84. The fourth-order valence-electron chi connectivity index (χ4n) is 1.05. The van der Waals surface area contributed by atoms with E-state index in [0.717, 1.165) is 5.56 Å². The second-order valence-electron chi connectivity index (χ2n) is 2.84. The highest BCUT2D eigenvalue weighted by molar-refractivity contribution is 5.72. The SMILES string of the molecule is COCOC(=O)Cc1cccc(N)c1. The van der Waals surface area contributed by atoms with Gasteiger partial charge in [0.15, 0.2) is 6.79 Å². The minimum Gasteiger partial charge on any atom is -0.438 e. The van der Waals surface area contributed by atoms with Crippen molar-refractivity contribution in [2.75, 3.05) is 19.6 Å². The van der Waals surface area contributed by atoms with Gasteiger partial charge in [0.1, 0.15) is 0 Å². The predicted octanol–water partition coefficient (Wildman–Crippen LogP) is 0.958. The van der Waals surface area contributed by atoms with E-state index in [0.29, 0.717) is 5.69 Å². The maximum absolute atomic E-state index is 11.1. The molecular weight excluding hydrogens is 182 g/mol. The number of hydrogen-bond donors (Lipinski definition) is 1. The third-order valence-corrected chi connectivity index (χ3v) is 1.64. The Bertz CT molecular complexity index is 312. The van der Waals surface area contributed by atoms with E-state index < -0.39 is 0 Å². The van der Waals surface area contributed by atoms with Crippen LogP contribution in [0.1, 0.15) is 5.56 Å². The summed E-state index contributed by atoms with van der Waals surface area (Å²) in [6, 6.07) is 7.14. The Labute approximate surface area is 82.6 Å². The quantitative estimate of drug-likeness (QED) is 0.441. The molecule has 4 heteroatoms. The summed E-state index contributed by atoms with van der Waals surface area (Å²) in [4.78, 5) is 11.1. The molecule has 0 aliphatic rings. The van der Waals surface area contributed by atoms with Gasteiger partial charge in [-0.3, -0.25) is 4.79 Å². The zero-order valence-corrected chi connectivity index (χ0v) is 8.03. The minimum atomic E-state index is -0.322. The number of carbonyl (C=O) groups excluding carboxylic acids is 1. The smallest absolute Gasteiger partial charge is 0.312 e. The van der Waals surface area contributed by atoms with Gasteiger partial charge in [0, 0.05) is 12.8 Å². The molecule has 2 N–H and O–H groups in total. The molecule has 0 aliphatic carbocycles. The van der Waals surface area contributed by atoms with Crippen LogP contribution >= 0.6 is 0 Å². The average molecular weight is 195 g/mol. The molecule has 0 spiro atoms. The van der Waals surface area contributed by atoms with Gasteiger partial charge in [-0.2, -0.15) is 0 Å². The Kier molecular flexibility index (Phi) is 3.94. The van der Waals surface area contributed by atoms with Crippen LogP contribution in [0.15, 0.2) is 24.3 Å². The van der Waals surface area contributed by atoms with Crippen LogP contribution < -0.4 is 5.73 Å². The maximum Gasteiger partial charge on any atom is 0.312 e. The van der Waals surface area contributed by atoms with Crippen molar-refractivity contribution in [3.05, 3.63) is 29.8 Å². The number of carbonyl (C=O) groups is 1. The number of nitrogens with two attached hydrogens (primary N) is 1. The summed E-state index contributed by atoms with van der Waals surface area (Å²) in [7, 11) is 1.47. The minimum absolute atomic E-state index is 0.0127. The molecule has 1 aromatic rings. The van der Waals surface area contributed by atoms with Crippen molar-refractivity contribution in [2.45, 2.75) is 6.42 Å². The molecule has 1 aromatic carbocycles. The maximum atomic E-state index is 11.1. The van der Waals surface area contributed by atoms with E-state index in [1.165, 1.54) is 7.11 Å². The number of methoxy groups -OCH3 is 1. The molecular formula is C10H13NO3. The van der Waals surface area contributed by atoms with Gasteiger partial charge in [-0.1, -0.05) is 12.1 Å². The second kappa shape index (κ2) is 5.24. The molecule has 0 bridgehead atoms. The number of nitrogen functional groups attached to an aromatic ring is 1. The van der Waals surface area contributed by atoms with Gasteiger partial charge >= 0.3 is 5.97 Å². The summed E-state index contributed by atoms with van der Waals surface area (Å²) in [5.74, 6) is -0.322. The van der Waals surface area contributed by atoms with Crippen molar-refractivity contribution in [1.82, 2.24) is 0 Å². The highest BCUT2D eigenvalue weighted by Gasteiger charge is 2.03. The summed E-state index contributed by atoms with van der Waals surface area (Å²) in [5, 5.41) is 0. The molecule has 0 aliphatic heterocycles. The van der Waals surface area contributed by atoms with Gasteiger partial charge in [-0.25, -0.2) is 0 Å². The molecule has 0 amide bonds. The molecule has 0 atom stereocenters. The molecule has 0 aromatic heterocycles. The first-order valence-electron chi connectivity index (χ1n) is 4.21. The van der Waals surface area contributed by atoms with Crippen molar-refractivity contribution < 1.29 is 14.3 Å². The van der Waals surface area contributed by atoms with E-state index in [2.05, 4.69) is 4.74 Å².